The number of carbonyl (C=O) groups excluding carboxylic acids is 1. The molecule has 1 atom stereocenters. The van der Waals surface area contributed by atoms with Crippen LogP contribution in [0, 0.1) is 0 Å². The highest BCUT2D eigenvalue weighted by molar-refractivity contribution is 7.89. The van der Waals surface area contributed by atoms with E-state index in [-0.39, 0.29) is 23.3 Å². The lowest BCUT2D eigenvalue weighted by molar-refractivity contribution is -0.138. The number of carboxylic acid groups (broad SMARTS) is 1. The van der Waals surface area contributed by atoms with Crippen LogP contribution in [0.25, 0.3) is 0 Å². The highest BCUT2D eigenvalue weighted by Crippen LogP contribution is 2.22. The highest BCUT2D eigenvalue weighted by atomic mass is 32.2. The number of aliphatic carboxylic acids is 1. The van der Waals surface area contributed by atoms with Gasteiger partial charge < -0.3 is 10.0 Å². The molecule has 22 heavy (non-hydrogen) atoms. The van der Waals surface area contributed by atoms with E-state index in [1.165, 1.54) is 24.3 Å². The van der Waals surface area contributed by atoms with E-state index < -0.39 is 16.0 Å². The number of hydrogen-bond acceptors (Lipinski definition) is 4. The molecular formula is C14H18N2O5S. The second kappa shape index (κ2) is 6.45. The Labute approximate surface area is 128 Å². The fraction of sp³-hybridized carbons (Fsp3) is 0.429. The summed E-state index contributed by atoms with van der Waals surface area (Å²) in [6.07, 6.45) is 2.30. The normalized spacial score (nSPS) is 19.0. The molecule has 7 nitrogen and oxygen atoms in total. The molecule has 0 unspecified atom stereocenters. The number of primary sulfonamides is 1. The van der Waals surface area contributed by atoms with E-state index in [9.17, 15) is 18.0 Å². The number of carbonyl (C=O) groups is 2. The van der Waals surface area contributed by atoms with Crippen molar-refractivity contribution in [3.8, 4) is 0 Å². The first-order chi connectivity index (χ1) is 10.3. The molecule has 0 saturated carbocycles. The van der Waals surface area contributed by atoms with E-state index in [1.54, 1.807) is 4.90 Å². The summed E-state index contributed by atoms with van der Waals surface area (Å²) < 4.78 is 22.4. The van der Waals surface area contributed by atoms with Gasteiger partial charge in [0, 0.05) is 18.2 Å². The number of benzene rings is 1. The van der Waals surface area contributed by atoms with Gasteiger partial charge in [-0.1, -0.05) is 0 Å². The Bertz CT molecular complexity index is 669. The van der Waals surface area contributed by atoms with Crippen molar-refractivity contribution in [1.29, 1.82) is 0 Å². The zero-order chi connectivity index (χ0) is 16.3. The zero-order valence-corrected chi connectivity index (χ0v) is 12.8. The van der Waals surface area contributed by atoms with Gasteiger partial charge >= 0.3 is 5.97 Å². The summed E-state index contributed by atoms with van der Waals surface area (Å²) in [6.45, 7) is 0.508. The maximum absolute atomic E-state index is 12.5. The van der Waals surface area contributed by atoms with Crippen LogP contribution in [0.5, 0.6) is 0 Å². The Balaban J connectivity index is 2.20. The fourth-order valence-corrected chi connectivity index (χ4v) is 3.15. The van der Waals surface area contributed by atoms with Crippen molar-refractivity contribution in [3.63, 3.8) is 0 Å². The van der Waals surface area contributed by atoms with Crippen LogP contribution >= 0.6 is 0 Å². The molecule has 0 aromatic heterocycles. The van der Waals surface area contributed by atoms with Crippen molar-refractivity contribution >= 4 is 21.9 Å². The Kier molecular flexibility index (Phi) is 4.82. The highest BCUT2D eigenvalue weighted by Gasteiger charge is 2.29. The van der Waals surface area contributed by atoms with E-state index in [1.807, 2.05) is 0 Å². The first-order valence-electron chi connectivity index (χ1n) is 6.94. The van der Waals surface area contributed by atoms with Gasteiger partial charge in [0.15, 0.2) is 0 Å². The van der Waals surface area contributed by atoms with Crippen LogP contribution in [0.2, 0.25) is 0 Å². The van der Waals surface area contributed by atoms with Crippen LogP contribution in [-0.4, -0.2) is 42.9 Å². The Morgan fingerprint density at radius 2 is 1.86 bits per heavy atom. The number of sulfonamides is 1. The van der Waals surface area contributed by atoms with Gasteiger partial charge in [-0.15, -0.1) is 0 Å². The molecule has 8 heteroatoms. The first-order valence-corrected chi connectivity index (χ1v) is 8.49. The molecule has 1 aromatic rings. The van der Waals surface area contributed by atoms with E-state index in [0.29, 0.717) is 18.5 Å². The predicted molar refractivity (Wildman–Crippen MR) is 78.7 cm³/mol. The van der Waals surface area contributed by atoms with Crippen LogP contribution in [0.1, 0.15) is 36.0 Å². The third-order valence-corrected chi connectivity index (χ3v) is 4.66. The van der Waals surface area contributed by atoms with Crippen LogP contribution in [-0.2, 0) is 14.8 Å². The third kappa shape index (κ3) is 3.83. The van der Waals surface area contributed by atoms with Crippen LogP contribution in [0.4, 0.5) is 0 Å². The van der Waals surface area contributed by atoms with Gasteiger partial charge in [-0.3, -0.25) is 9.59 Å². The summed E-state index contributed by atoms with van der Waals surface area (Å²) in [5.74, 6) is -1.22. The molecule has 2 rings (SSSR count). The van der Waals surface area contributed by atoms with Crippen molar-refractivity contribution in [2.75, 3.05) is 6.54 Å². The fourth-order valence-electron chi connectivity index (χ4n) is 2.63. The molecule has 0 radical (unpaired) electrons. The second-order valence-electron chi connectivity index (χ2n) is 5.32. The molecule has 1 amide bonds. The number of hydrogen-bond donors (Lipinski definition) is 2. The lowest BCUT2D eigenvalue weighted by Gasteiger charge is -2.35. The van der Waals surface area contributed by atoms with E-state index in [4.69, 9.17) is 10.2 Å². The van der Waals surface area contributed by atoms with Gasteiger partial charge in [0.05, 0.1) is 11.3 Å². The smallest absolute Gasteiger partial charge is 0.305 e. The van der Waals surface area contributed by atoms with Gasteiger partial charge in [0.25, 0.3) is 5.91 Å². The molecule has 3 N–H and O–H groups in total. The van der Waals surface area contributed by atoms with Crippen LogP contribution in [0.15, 0.2) is 29.2 Å². The summed E-state index contributed by atoms with van der Waals surface area (Å²) in [6, 6.07) is 5.03. The van der Waals surface area contributed by atoms with Crippen molar-refractivity contribution in [1.82, 2.24) is 4.90 Å². The molecule has 1 aromatic carbocycles. The molecular weight excluding hydrogens is 308 g/mol. The largest absolute Gasteiger partial charge is 0.481 e. The van der Waals surface area contributed by atoms with Gasteiger partial charge in [-0.05, 0) is 43.5 Å². The topological polar surface area (TPSA) is 118 Å². The SMILES string of the molecule is NS(=O)(=O)c1ccc(C(=O)N2CCCC[C@H]2CC(=O)O)cc1. The predicted octanol–water partition coefficient (Wildman–Crippen LogP) is 0.803. The van der Waals surface area contributed by atoms with Crippen LogP contribution in [0.3, 0.4) is 0 Å². The first kappa shape index (κ1) is 16.4. The number of rotatable bonds is 4. The summed E-state index contributed by atoms with van der Waals surface area (Å²) in [4.78, 5) is 24.9. The minimum atomic E-state index is -3.80. The van der Waals surface area contributed by atoms with Crippen molar-refractivity contribution in [2.45, 2.75) is 36.6 Å². The molecule has 0 spiro atoms. The second-order valence-corrected chi connectivity index (χ2v) is 6.88. The number of amides is 1. The monoisotopic (exact) mass is 326 g/mol. The van der Waals surface area contributed by atoms with Gasteiger partial charge in [-0.25, -0.2) is 13.6 Å². The average Bonchev–Trinajstić information content (AvgIpc) is 2.46. The molecule has 1 saturated heterocycles. The molecule has 0 bridgehead atoms. The summed E-state index contributed by atoms with van der Waals surface area (Å²) in [5, 5.41) is 14.0. The number of piperidine rings is 1. The standard InChI is InChI=1S/C14H18N2O5S/c15-22(20,21)12-6-4-10(5-7-12)14(19)16-8-2-1-3-11(16)9-13(17)18/h4-7,11H,1-3,8-9H2,(H,17,18)(H2,15,20,21)/t11-/m0/s1. The van der Waals surface area contributed by atoms with Gasteiger partial charge in [0.2, 0.25) is 10.0 Å². The molecule has 0 aliphatic carbocycles. The third-order valence-electron chi connectivity index (χ3n) is 3.73. The van der Waals surface area contributed by atoms with Crippen molar-refractivity contribution < 1.29 is 23.1 Å². The van der Waals surface area contributed by atoms with E-state index in [0.717, 1.165) is 12.8 Å². The van der Waals surface area contributed by atoms with Gasteiger partial charge in [-0.2, -0.15) is 0 Å². The van der Waals surface area contributed by atoms with E-state index in [2.05, 4.69) is 0 Å². The van der Waals surface area contributed by atoms with Crippen LogP contribution < -0.4 is 5.14 Å². The Morgan fingerprint density at radius 1 is 1.23 bits per heavy atom. The lowest BCUT2D eigenvalue weighted by atomic mass is 9.98. The van der Waals surface area contributed by atoms with Gasteiger partial charge in [0.1, 0.15) is 0 Å². The Morgan fingerprint density at radius 3 is 2.41 bits per heavy atom. The molecule has 1 heterocycles. The molecule has 1 aliphatic heterocycles. The number of nitrogens with two attached hydrogens (primary N) is 1. The van der Waals surface area contributed by atoms with E-state index >= 15 is 0 Å². The number of likely N-dealkylation sites (tertiary alicyclic amines) is 1. The summed E-state index contributed by atoms with van der Waals surface area (Å²) >= 11 is 0. The molecule has 1 fully saturated rings. The minimum absolute atomic E-state index is 0.0650. The number of nitrogens with zero attached hydrogens (tertiary/aromatic N) is 1. The molecule has 1 aliphatic rings. The minimum Gasteiger partial charge on any atom is -0.481 e. The lowest BCUT2D eigenvalue weighted by Crippen LogP contribution is -2.44. The number of carboxylic acids is 1. The average molecular weight is 326 g/mol. The maximum atomic E-state index is 12.5. The quantitative estimate of drug-likeness (QED) is 0.848. The summed E-state index contributed by atoms with van der Waals surface area (Å²) in [7, 11) is -3.80. The van der Waals surface area contributed by atoms with Crippen molar-refractivity contribution in [3.05, 3.63) is 29.8 Å². The summed E-state index contributed by atoms with van der Waals surface area (Å²) in [5.41, 5.74) is 0.324. The zero-order valence-electron chi connectivity index (χ0n) is 11.9. The molecule has 120 valence electrons. The maximum Gasteiger partial charge on any atom is 0.305 e. The Hall–Kier alpha value is -1.93. The van der Waals surface area contributed by atoms with Crippen molar-refractivity contribution in [2.24, 2.45) is 5.14 Å².